The molecule has 0 unspecified atom stereocenters. The van der Waals surface area contributed by atoms with E-state index >= 15 is 0 Å². The SMILES string of the molecule is COc1cccc([C@@H](CNS(=O)(=O)c2ccc(OC)c(Cl)c2)OC)c1. The average molecular weight is 386 g/mol. The van der Waals surface area contributed by atoms with E-state index < -0.39 is 16.1 Å². The molecule has 8 heteroatoms. The van der Waals surface area contributed by atoms with Crippen LogP contribution in [0.1, 0.15) is 11.7 Å². The predicted molar refractivity (Wildman–Crippen MR) is 95.9 cm³/mol. The summed E-state index contributed by atoms with van der Waals surface area (Å²) in [6.45, 7) is 0.0651. The summed E-state index contributed by atoms with van der Waals surface area (Å²) < 4.78 is 43.1. The standard InChI is InChI=1S/C17H20ClNO5S/c1-22-13-6-4-5-12(9-13)17(24-3)11-19-25(20,21)14-7-8-16(23-2)15(18)10-14/h4-10,17,19H,11H2,1-3H3/t17-/m1/s1. The fourth-order valence-electron chi connectivity index (χ4n) is 2.26. The number of nitrogens with one attached hydrogen (secondary N) is 1. The lowest BCUT2D eigenvalue weighted by Crippen LogP contribution is -2.29. The van der Waals surface area contributed by atoms with Gasteiger partial charge >= 0.3 is 0 Å². The van der Waals surface area contributed by atoms with Crippen molar-refractivity contribution in [3.8, 4) is 11.5 Å². The zero-order valence-electron chi connectivity index (χ0n) is 14.2. The largest absolute Gasteiger partial charge is 0.497 e. The Labute approximate surface area is 152 Å². The number of hydrogen-bond donors (Lipinski definition) is 1. The number of ether oxygens (including phenoxy) is 3. The number of methoxy groups -OCH3 is 3. The topological polar surface area (TPSA) is 73.9 Å². The van der Waals surface area contributed by atoms with Gasteiger partial charge in [-0.1, -0.05) is 23.7 Å². The zero-order chi connectivity index (χ0) is 18.4. The van der Waals surface area contributed by atoms with Crippen LogP contribution in [0.2, 0.25) is 5.02 Å². The Bertz CT molecular complexity index is 826. The molecule has 1 N–H and O–H groups in total. The van der Waals surface area contributed by atoms with Crippen LogP contribution in [0.3, 0.4) is 0 Å². The first-order valence-electron chi connectivity index (χ1n) is 7.41. The van der Waals surface area contributed by atoms with Crippen LogP contribution < -0.4 is 14.2 Å². The van der Waals surface area contributed by atoms with Crippen molar-refractivity contribution < 1.29 is 22.6 Å². The first-order valence-corrected chi connectivity index (χ1v) is 9.27. The zero-order valence-corrected chi connectivity index (χ0v) is 15.7. The fraction of sp³-hybridized carbons (Fsp3) is 0.294. The average Bonchev–Trinajstić information content (AvgIpc) is 2.62. The van der Waals surface area contributed by atoms with Crippen molar-refractivity contribution >= 4 is 21.6 Å². The molecule has 25 heavy (non-hydrogen) atoms. The highest BCUT2D eigenvalue weighted by molar-refractivity contribution is 7.89. The third-order valence-corrected chi connectivity index (χ3v) is 5.36. The van der Waals surface area contributed by atoms with Gasteiger partial charge in [-0.15, -0.1) is 0 Å². The van der Waals surface area contributed by atoms with E-state index in [-0.39, 0.29) is 16.5 Å². The van der Waals surface area contributed by atoms with Crippen LogP contribution in [0, 0.1) is 0 Å². The summed E-state index contributed by atoms with van der Waals surface area (Å²) in [6, 6.07) is 11.5. The molecule has 0 saturated carbocycles. The second-order valence-electron chi connectivity index (χ2n) is 5.15. The third kappa shape index (κ3) is 4.85. The summed E-state index contributed by atoms with van der Waals surface area (Å²) >= 11 is 6.00. The van der Waals surface area contributed by atoms with E-state index in [0.29, 0.717) is 11.5 Å². The molecule has 1 atom stereocenters. The van der Waals surface area contributed by atoms with E-state index in [9.17, 15) is 8.42 Å². The van der Waals surface area contributed by atoms with Crippen molar-refractivity contribution in [3.63, 3.8) is 0 Å². The minimum atomic E-state index is -3.74. The molecule has 136 valence electrons. The van der Waals surface area contributed by atoms with Crippen molar-refractivity contribution in [3.05, 3.63) is 53.1 Å². The Kier molecular flexibility index (Phi) is 6.66. The van der Waals surface area contributed by atoms with Crippen molar-refractivity contribution in [2.45, 2.75) is 11.0 Å². The van der Waals surface area contributed by atoms with Gasteiger partial charge in [0.1, 0.15) is 11.5 Å². The van der Waals surface area contributed by atoms with E-state index in [1.807, 2.05) is 12.1 Å². The fourth-order valence-corrected chi connectivity index (χ4v) is 3.64. The van der Waals surface area contributed by atoms with Gasteiger partial charge in [0, 0.05) is 13.7 Å². The smallest absolute Gasteiger partial charge is 0.240 e. The summed E-state index contributed by atoms with van der Waals surface area (Å²) in [7, 11) is 0.808. The van der Waals surface area contributed by atoms with Crippen molar-refractivity contribution in [2.75, 3.05) is 27.9 Å². The Hall–Kier alpha value is -1.80. The molecule has 0 aliphatic heterocycles. The van der Waals surface area contributed by atoms with Crippen LogP contribution in [0.15, 0.2) is 47.4 Å². The molecule has 0 bridgehead atoms. The van der Waals surface area contributed by atoms with E-state index in [4.69, 9.17) is 25.8 Å². The minimum Gasteiger partial charge on any atom is -0.497 e. The monoisotopic (exact) mass is 385 g/mol. The van der Waals surface area contributed by atoms with Gasteiger partial charge in [0.2, 0.25) is 10.0 Å². The Morgan fingerprint density at radius 1 is 1.08 bits per heavy atom. The molecule has 0 spiro atoms. The first-order chi connectivity index (χ1) is 11.9. The molecule has 2 aromatic carbocycles. The molecule has 2 rings (SSSR count). The number of sulfonamides is 1. The summed E-state index contributed by atoms with van der Waals surface area (Å²) in [4.78, 5) is 0.0544. The molecule has 0 aromatic heterocycles. The van der Waals surface area contributed by atoms with Gasteiger partial charge in [-0.2, -0.15) is 0 Å². The highest BCUT2D eigenvalue weighted by atomic mass is 35.5. The number of benzene rings is 2. The van der Waals surface area contributed by atoms with Crippen LogP contribution in [0.25, 0.3) is 0 Å². The molecule has 0 heterocycles. The summed E-state index contributed by atoms with van der Waals surface area (Å²) in [5, 5.41) is 0.224. The maximum Gasteiger partial charge on any atom is 0.240 e. The maximum atomic E-state index is 12.5. The molecule has 0 aliphatic rings. The van der Waals surface area contributed by atoms with Crippen molar-refractivity contribution in [1.82, 2.24) is 4.72 Å². The summed E-state index contributed by atoms with van der Waals surface area (Å²) in [6.07, 6.45) is -0.460. The van der Waals surface area contributed by atoms with Crippen molar-refractivity contribution in [2.24, 2.45) is 0 Å². The lowest BCUT2D eigenvalue weighted by molar-refractivity contribution is 0.107. The quantitative estimate of drug-likeness (QED) is 0.756. The Morgan fingerprint density at radius 3 is 2.44 bits per heavy atom. The van der Waals surface area contributed by atoms with Crippen LogP contribution in [0.4, 0.5) is 0 Å². The van der Waals surface area contributed by atoms with Gasteiger partial charge in [0.25, 0.3) is 0 Å². The van der Waals surface area contributed by atoms with Gasteiger partial charge < -0.3 is 14.2 Å². The Morgan fingerprint density at radius 2 is 1.84 bits per heavy atom. The van der Waals surface area contributed by atoms with E-state index in [1.54, 1.807) is 19.2 Å². The molecule has 6 nitrogen and oxygen atoms in total. The van der Waals surface area contributed by atoms with Crippen LogP contribution in [-0.4, -0.2) is 36.3 Å². The molecule has 0 amide bonds. The minimum absolute atomic E-state index is 0.0544. The number of halogens is 1. The second kappa shape index (κ2) is 8.53. The van der Waals surface area contributed by atoms with Gasteiger partial charge in [0.05, 0.1) is 30.2 Å². The molecule has 0 fully saturated rings. The number of rotatable bonds is 8. The lowest BCUT2D eigenvalue weighted by atomic mass is 10.1. The van der Waals surface area contributed by atoms with E-state index in [1.165, 1.54) is 32.4 Å². The number of hydrogen-bond acceptors (Lipinski definition) is 5. The highest BCUT2D eigenvalue weighted by Gasteiger charge is 2.19. The van der Waals surface area contributed by atoms with E-state index in [0.717, 1.165) is 5.56 Å². The molecular weight excluding hydrogens is 366 g/mol. The van der Waals surface area contributed by atoms with Gasteiger partial charge in [-0.25, -0.2) is 13.1 Å². The van der Waals surface area contributed by atoms with Crippen LogP contribution in [0.5, 0.6) is 11.5 Å². The van der Waals surface area contributed by atoms with Crippen LogP contribution in [-0.2, 0) is 14.8 Å². The van der Waals surface area contributed by atoms with Gasteiger partial charge in [-0.3, -0.25) is 0 Å². The first kappa shape index (κ1) is 19.5. The third-order valence-electron chi connectivity index (χ3n) is 3.64. The highest BCUT2D eigenvalue weighted by Crippen LogP contribution is 2.27. The van der Waals surface area contributed by atoms with Crippen molar-refractivity contribution in [1.29, 1.82) is 0 Å². The summed E-state index contributed by atoms with van der Waals surface area (Å²) in [5.74, 6) is 1.08. The summed E-state index contributed by atoms with van der Waals surface area (Å²) in [5.41, 5.74) is 0.803. The lowest BCUT2D eigenvalue weighted by Gasteiger charge is -2.17. The maximum absolute atomic E-state index is 12.5. The second-order valence-corrected chi connectivity index (χ2v) is 7.32. The Balaban J connectivity index is 2.15. The van der Waals surface area contributed by atoms with Gasteiger partial charge in [-0.05, 0) is 35.9 Å². The normalized spacial score (nSPS) is 12.6. The van der Waals surface area contributed by atoms with Gasteiger partial charge in [0.15, 0.2) is 0 Å². The molecule has 2 aromatic rings. The predicted octanol–water partition coefficient (Wildman–Crippen LogP) is 3.02. The molecular formula is C17H20ClNO5S. The van der Waals surface area contributed by atoms with E-state index in [2.05, 4.69) is 4.72 Å². The molecule has 0 aliphatic carbocycles. The van der Waals surface area contributed by atoms with Crippen LogP contribution >= 0.6 is 11.6 Å². The molecule has 0 radical (unpaired) electrons. The molecule has 0 saturated heterocycles.